The van der Waals surface area contributed by atoms with Gasteiger partial charge in [0.2, 0.25) is 0 Å². The van der Waals surface area contributed by atoms with Crippen molar-refractivity contribution >= 4 is 16.9 Å². The highest BCUT2D eigenvalue weighted by molar-refractivity contribution is 6.00. The van der Waals surface area contributed by atoms with E-state index in [0.717, 1.165) is 47.7 Å². The molecule has 0 amide bonds. The third-order valence-electron chi connectivity index (χ3n) is 4.16. The molecule has 1 saturated heterocycles. The summed E-state index contributed by atoms with van der Waals surface area (Å²) >= 11 is 0. The van der Waals surface area contributed by atoms with Crippen molar-refractivity contribution in [1.29, 1.82) is 0 Å². The highest BCUT2D eigenvalue weighted by atomic mass is 15.3. The molecule has 0 aliphatic carbocycles. The normalized spacial score (nSPS) is 18.8. The summed E-state index contributed by atoms with van der Waals surface area (Å²) in [6, 6.07) is 6.34. The summed E-state index contributed by atoms with van der Waals surface area (Å²) in [7, 11) is 0. The van der Waals surface area contributed by atoms with Crippen LogP contribution in [-0.4, -0.2) is 45.6 Å². The van der Waals surface area contributed by atoms with Crippen LogP contribution in [0.4, 0.5) is 5.82 Å². The van der Waals surface area contributed by atoms with Gasteiger partial charge in [0.15, 0.2) is 0 Å². The number of piperazine rings is 1. The predicted molar refractivity (Wildman–Crippen MR) is 86.8 cm³/mol. The third-order valence-corrected chi connectivity index (χ3v) is 4.16. The summed E-state index contributed by atoms with van der Waals surface area (Å²) in [4.78, 5) is 19.0. The molecule has 0 radical (unpaired) electrons. The highest BCUT2D eigenvalue weighted by Crippen LogP contribution is 2.33. The van der Waals surface area contributed by atoms with Crippen LogP contribution in [0.15, 0.2) is 36.9 Å². The molecule has 112 valence electrons. The number of rotatable bonds is 2. The monoisotopic (exact) mass is 294 g/mol. The lowest BCUT2D eigenvalue weighted by Crippen LogP contribution is -2.50. The first-order valence-corrected chi connectivity index (χ1v) is 7.55. The molecular weight excluding hydrogens is 276 g/mol. The van der Waals surface area contributed by atoms with E-state index in [9.17, 15) is 0 Å². The summed E-state index contributed by atoms with van der Waals surface area (Å²) in [5.41, 5.74) is 2.85. The number of nitrogens with zero attached hydrogens (tertiary/aromatic N) is 4. The van der Waals surface area contributed by atoms with E-state index < -0.39 is 0 Å². The van der Waals surface area contributed by atoms with E-state index in [2.05, 4.69) is 37.1 Å². The Balaban J connectivity index is 1.90. The van der Waals surface area contributed by atoms with Crippen LogP contribution in [0, 0.1) is 0 Å². The molecule has 1 atom stereocenters. The van der Waals surface area contributed by atoms with Crippen molar-refractivity contribution in [2.24, 2.45) is 0 Å². The Hall–Kier alpha value is -2.47. The molecule has 4 heterocycles. The Morgan fingerprint density at radius 2 is 2.18 bits per heavy atom. The van der Waals surface area contributed by atoms with E-state index in [1.807, 2.05) is 30.6 Å². The van der Waals surface area contributed by atoms with Gasteiger partial charge in [0.25, 0.3) is 0 Å². The number of anilines is 1. The average Bonchev–Trinajstić information content (AvgIpc) is 3.00. The van der Waals surface area contributed by atoms with Gasteiger partial charge in [0.1, 0.15) is 17.8 Å². The lowest BCUT2D eigenvalue weighted by atomic mass is 10.1. The summed E-state index contributed by atoms with van der Waals surface area (Å²) in [5.74, 6) is 0.987. The largest absolute Gasteiger partial charge is 0.351 e. The predicted octanol–water partition coefficient (Wildman–Crippen LogP) is 1.82. The third kappa shape index (κ3) is 2.12. The molecule has 0 saturated carbocycles. The molecule has 0 aromatic carbocycles. The molecule has 2 N–H and O–H groups in total. The summed E-state index contributed by atoms with van der Waals surface area (Å²) in [5, 5.41) is 4.47. The van der Waals surface area contributed by atoms with E-state index in [1.54, 1.807) is 6.33 Å². The van der Waals surface area contributed by atoms with Gasteiger partial charge in [-0.15, -0.1) is 0 Å². The molecule has 4 rings (SSSR count). The Bertz CT molecular complexity index is 782. The van der Waals surface area contributed by atoms with Crippen molar-refractivity contribution in [2.45, 2.75) is 13.0 Å². The molecule has 3 aromatic rings. The lowest BCUT2D eigenvalue weighted by Gasteiger charge is -2.35. The molecule has 1 aliphatic rings. The van der Waals surface area contributed by atoms with Crippen LogP contribution < -0.4 is 10.2 Å². The van der Waals surface area contributed by atoms with Gasteiger partial charge in [0, 0.05) is 43.6 Å². The summed E-state index contributed by atoms with van der Waals surface area (Å²) in [6.45, 7) is 5.10. The number of fused-ring (bicyclic) bond motifs is 1. The van der Waals surface area contributed by atoms with Gasteiger partial charge < -0.3 is 15.2 Å². The Labute approximate surface area is 128 Å². The number of aromatic nitrogens is 4. The Morgan fingerprint density at radius 3 is 3.00 bits per heavy atom. The number of nitrogens with one attached hydrogen (secondary N) is 2. The van der Waals surface area contributed by atoms with Crippen molar-refractivity contribution in [3.05, 3.63) is 36.9 Å². The fourth-order valence-corrected chi connectivity index (χ4v) is 3.04. The molecule has 1 unspecified atom stereocenters. The van der Waals surface area contributed by atoms with Crippen LogP contribution >= 0.6 is 0 Å². The van der Waals surface area contributed by atoms with Crippen molar-refractivity contribution in [1.82, 2.24) is 25.3 Å². The Kier molecular flexibility index (Phi) is 3.23. The standard InChI is InChI=1S/C16H18N6/c1-11-8-17-6-7-22(11)16-14-12(13-4-2-3-5-18-13)9-19-15(14)20-10-21-16/h2-5,9-11,17H,6-8H2,1H3,(H,19,20,21). The summed E-state index contributed by atoms with van der Waals surface area (Å²) in [6.07, 6.45) is 5.41. The quantitative estimate of drug-likeness (QED) is 0.754. The van der Waals surface area contributed by atoms with Gasteiger partial charge in [-0.3, -0.25) is 4.98 Å². The van der Waals surface area contributed by atoms with Gasteiger partial charge in [-0.1, -0.05) is 6.07 Å². The van der Waals surface area contributed by atoms with E-state index in [4.69, 9.17) is 0 Å². The number of hydrogen-bond donors (Lipinski definition) is 2. The van der Waals surface area contributed by atoms with Crippen molar-refractivity contribution < 1.29 is 0 Å². The second kappa shape index (κ2) is 5.38. The second-order valence-electron chi connectivity index (χ2n) is 5.58. The first-order chi connectivity index (χ1) is 10.8. The Morgan fingerprint density at radius 1 is 1.23 bits per heavy atom. The van der Waals surface area contributed by atoms with Crippen LogP contribution in [0.1, 0.15) is 6.92 Å². The van der Waals surface area contributed by atoms with Crippen LogP contribution in [0.25, 0.3) is 22.3 Å². The first-order valence-electron chi connectivity index (χ1n) is 7.55. The smallest absolute Gasteiger partial charge is 0.143 e. The van der Waals surface area contributed by atoms with Crippen LogP contribution in [0.2, 0.25) is 0 Å². The number of hydrogen-bond acceptors (Lipinski definition) is 5. The van der Waals surface area contributed by atoms with Crippen molar-refractivity contribution in [3.63, 3.8) is 0 Å². The van der Waals surface area contributed by atoms with E-state index in [0.29, 0.717) is 6.04 Å². The number of pyridine rings is 1. The molecular formula is C16H18N6. The summed E-state index contributed by atoms with van der Waals surface area (Å²) < 4.78 is 0. The zero-order valence-electron chi connectivity index (χ0n) is 12.5. The molecule has 3 aromatic heterocycles. The van der Waals surface area contributed by atoms with Gasteiger partial charge in [-0.05, 0) is 19.1 Å². The average molecular weight is 294 g/mol. The lowest BCUT2D eigenvalue weighted by molar-refractivity contribution is 0.498. The maximum absolute atomic E-state index is 4.58. The zero-order chi connectivity index (χ0) is 14.9. The minimum absolute atomic E-state index is 0.401. The molecule has 0 bridgehead atoms. The van der Waals surface area contributed by atoms with Gasteiger partial charge in [0.05, 0.1) is 11.1 Å². The molecule has 22 heavy (non-hydrogen) atoms. The highest BCUT2D eigenvalue weighted by Gasteiger charge is 2.23. The SMILES string of the molecule is CC1CNCCN1c1ncnc2[nH]cc(-c3ccccn3)c12. The van der Waals surface area contributed by atoms with E-state index >= 15 is 0 Å². The molecule has 0 spiro atoms. The fraction of sp³-hybridized carbons (Fsp3) is 0.312. The molecule has 6 heteroatoms. The van der Waals surface area contributed by atoms with Crippen LogP contribution in [0.3, 0.4) is 0 Å². The molecule has 1 fully saturated rings. The van der Waals surface area contributed by atoms with Gasteiger partial charge in [-0.2, -0.15) is 0 Å². The molecule has 6 nitrogen and oxygen atoms in total. The maximum Gasteiger partial charge on any atom is 0.143 e. The van der Waals surface area contributed by atoms with Crippen LogP contribution in [0.5, 0.6) is 0 Å². The maximum atomic E-state index is 4.58. The van der Waals surface area contributed by atoms with E-state index in [1.165, 1.54) is 0 Å². The molecule has 1 aliphatic heterocycles. The van der Waals surface area contributed by atoms with E-state index in [-0.39, 0.29) is 0 Å². The van der Waals surface area contributed by atoms with Gasteiger partial charge >= 0.3 is 0 Å². The zero-order valence-corrected chi connectivity index (χ0v) is 12.5. The second-order valence-corrected chi connectivity index (χ2v) is 5.58. The van der Waals surface area contributed by atoms with Crippen LogP contribution in [-0.2, 0) is 0 Å². The minimum Gasteiger partial charge on any atom is -0.351 e. The first kappa shape index (κ1) is 13.2. The van der Waals surface area contributed by atoms with Gasteiger partial charge in [-0.25, -0.2) is 9.97 Å². The minimum atomic E-state index is 0.401. The topological polar surface area (TPSA) is 69.7 Å². The van der Waals surface area contributed by atoms with Crippen molar-refractivity contribution in [2.75, 3.05) is 24.5 Å². The number of H-pyrrole nitrogens is 1. The fourth-order valence-electron chi connectivity index (χ4n) is 3.04. The number of aromatic amines is 1. The van der Waals surface area contributed by atoms with Crippen molar-refractivity contribution in [3.8, 4) is 11.3 Å².